The number of hydrogen-bond acceptors (Lipinski definition) is 3. The molecule has 0 aliphatic heterocycles. The summed E-state index contributed by atoms with van der Waals surface area (Å²) in [5.74, 6) is 1.06. The van der Waals surface area contributed by atoms with Crippen LogP contribution in [-0.4, -0.2) is 18.2 Å². The number of para-hydroxylation sites is 1. The predicted molar refractivity (Wildman–Crippen MR) is 77.2 cm³/mol. The lowest BCUT2D eigenvalue weighted by molar-refractivity contribution is -0.123. The lowest BCUT2D eigenvalue weighted by Gasteiger charge is -2.13. The number of carbonyl (C=O) groups excluding carboxylic acids is 1. The van der Waals surface area contributed by atoms with Crippen LogP contribution in [-0.2, 0) is 4.79 Å². The molecule has 1 aromatic rings. The highest BCUT2D eigenvalue weighted by molar-refractivity contribution is 5.89. The predicted octanol–water partition coefficient (Wildman–Crippen LogP) is 2.85. The summed E-state index contributed by atoms with van der Waals surface area (Å²) < 4.78 is 5.34. The molecule has 4 nitrogen and oxygen atoms in total. The molecule has 1 rings (SSSR count). The third-order valence-corrected chi connectivity index (χ3v) is 2.61. The fourth-order valence-corrected chi connectivity index (χ4v) is 1.75. The number of rotatable bonds is 6. The summed E-state index contributed by atoms with van der Waals surface area (Å²) >= 11 is 0. The zero-order chi connectivity index (χ0) is 14.3. The molecule has 0 spiro atoms. The second-order valence-electron chi connectivity index (χ2n) is 4.98. The molecule has 0 saturated carbocycles. The van der Waals surface area contributed by atoms with Gasteiger partial charge in [0.05, 0.1) is 0 Å². The monoisotopic (exact) mass is 262 g/mol. The van der Waals surface area contributed by atoms with Gasteiger partial charge < -0.3 is 4.74 Å². The topological polar surface area (TPSA) is 50.7 Å². The second kappa shape index (κ2) is 7.56. The first-order valence-electron chi connectivity index (χ1n) is 6.55. The molecule has 0 radical (unpaired) electrons. The number of hydrazone groups is 1. The molecule has 0 saturated heterocycles. The number of amides is 1. The van der Waals surface area contributed by atoms with E-state index in [0.29, 0.717) is 17.6 Å². The largest absolute Gasteiger partial charge is 0.484 e. The minimum Gasteiger partial charge on any atom is -0.484 e. The van der Waals surface area contributed by atoms with Gasteiger partial charge in [0.1, 0.15) is 5.75 Å². The average Bonchev–Trinajstić information content (AvgIpc) is 2.37. The summed E-state index contributed by atoms with van der Waals surface area (Å²) in [7, 11) is 0. The molecule has 0 heterocycles. The standard InChI is InChI=1S/C15H22N2O2/c1-11(2)15(12(3)4)17-16-14(18)10-19-13-8-6-5-7-9-13/h5-9,11-12H,10H2,1-4H3,(H,16,18). The van der Waals surface area contributed by atoms with E-state index in [1.165, 1.54) is 0 Å². The van der Waals surface area contributed by atoms with Crippen molar-refractivity contribution in [1.29, 1.82) is 0 Å². The van der Waals surface area contributed by atoms with Gasteiger partial charge >= 0.3 is 0 Å². The number of ether oxygens (including phenoxy) is 1. The first kappa shape index (κ1) is 15.2. The van der Waals surface area contributed by atoms with Crippen LogP contribution >= 0.6 is 0 Å². The van der Waals surface area contributed by atoms with Crippen LogP contribution in [0.15, 0.2) is 35.4 Å². The van der Waals surface area contributed by atoms with Crippen molar-refractivity contribution in [2.45, 2.75) is 27.7 Å². The minimum absolute atomic E-state index is 0.0308. The molecule has 0 bridgehead atoms. The van der Waals surface area contributed by atoms with Crippen molar-refractivity contribution in [3.8, 4) is 5.75 Å². The summed E-state index contributed by atoms with van der Waals surface area (Å²) in [6.07, 6.45) is 0. The van der Waals surface area contributed by atoms with Gasteiger partial charge in [0.25, 0.3) is 5.91 Å². The molecule has 4 heteroatoms. The highest BCUT2D eigenvalue weighted by Crippen LogP contribution is 2.08. The molecule has 19 heavy (non-hydrogen) atoms. The summed E-state index contributed by atoms with van der Waals surface area (Å²) in [6, 6.07) is 9.24. The van der Waals surface area contributed by atoms with E-state index >= 15 is 0 Å². The zero-order valence-electron chi connectivity index (χ0n) is 12.0. The Hall–Kier alpha value is -1.84. The summed E-state index contributed by atoms with van der Waals surface area (Å²) in [5, 5.41) is 4.17. The maximum absolute atomic E-state index is 11.6. The van der Waals surface area contributed by atoms with Gasteiger partial charge in [-0.05, 0) is 24.0 Å². The SMILES string of the molecule is CC(C)C(=NNC(=O)COc1ccccc1)C(C)C. The van der Waals surface area contributed by atoms with Gasteiger partial charge in [0, 0.05) is 5.71 Å². The van der Waals surface area contributed by atoms with Crippen molar-refractivity contribution in [3.05, 3.63) is 30.3 Å². The number of carbonyl (C=O) groups is 1. The Labute approximate surface area is 114 Å². The number of nitrogens with one attached hydrogen (secondary N) is 1. The van der Waals surface area contributed by atoms with Crippen LogP contribution in [0, 0.1) is 11.8 Å². The minimum atomic E-state index is -0.248. The van der Waals surface area contributed by atoms with E-state index in [4.69, 9.17) is 4.74 Å². The van der Waals surface area contributed by atoms with Gasteiger partial charge in [0.15, 0.2) is 6.61 Å². The first-order valence-corrected chi connectivity index (χ1v) is 6.55. The molecule has 0 aliphatic carbocycles. The lowest BCUT2D eigenvalue weighted by Crippen LogP contribution is -2.28. The van der Waals surface area contributed by atoms with Crippen molar-refractivity contribution in [2.75, 3.05) is 6.61 Å². The van der Waals surface area contributed by atoms with Crippen LogP contribution in [0.4, 0.5) is 0 Å². The normalized spacial score (nSPS) is 10.4. The molecular weight excluding hydrogens is 240 g/mol. The Kier molecular flexibility index (Phi) is 6.06. The van der Waals surface area contributed by atoms with E-state index in [1.54, 1.807) is 0 Å². The summed E-state index contributed by atoms with van der Waals surface area (Å²) in [4.78, 5) is 11.6. The summed E-state index contributed by atoms with van der Waals surface area (Å²) in [5.41, 5.74) is 3.52. The van der Waals surface area contributed by atoms with Crippen molar-refractivity contribution < 1.29 is 9.53 Å². The van der Waals surface area contributed by atoms with Crippen molar-refractivity contribution in [3.63, 3.8) is 0 Å². The highest BCUT2D eigenvalue weighted by atomic mass is 16.5. The van der Waals surface area contributed by atoms with Gasteiger partial charge in [-0.15, -0.1) is 0 Å². The second-order valence-corrected chi connectivity index (χ2v) is 4.98. The molecule has 0 atom stereocenters. The molecular formula is C15H22N2O2. The van der Waals surface area contributed by atoms with Crippen molar-refractivity contribution in [1.82, 2.24) is 5.43 Å². The summed E-state index contributed by atoms with van der Waals surface area (Å²) in [6.45, 7) is 8.21. The van der Waals surface area contributed by atoms with E-state index < -0.39 is 0 Å². The Bertz CT molecular complexity index is 415. The molecule has 0 aromatic heterocycles. The van der Waals surface area contributed by atoms with Gasteiger partial charge in [-0.25, -0.2) is 5.43 Å². The van der Waals surface area contributed by atoms with Crippen LogP contribution in [0.3, 0.4) is 0 Å². The van der Waals surface area contributed by atoms with E-state index in [-0.39, 0.29) is 12.5 Å². The first-order chi connectivity index (χ1) is 9.00. The average molecular weight is 262 g/mol. The van der Waals surface area contributed by atoms with Gasteiger partial charge in [-0.3, -0.25) is 4.79 Å². The van der Waals surface area contributed by atoms with Crippen LogP contribution in [0.5, 0.6) is 5.75 Å². The van der Waals surface area contributed by atoms with E-state index in [2.05, 4.69) is 38.2 Å². The third-order valence-electron chi connectivity index (χ3n) is 2.61. The number of nitrogens with zero attached hydrogens (tertiary/aromatic N) is 1. The fraction of sp³-hybridized carbons (Fsp3) is 0.467. The van der Waals surface area contributed by atoms with E-state index in [0.717, 1.165) is 5.71 Å². The molecule has 0 unspecified atom stereocenters. The Morgan fingerprint density at radius 1 is 1.16 bits per heavy atom. The Morgan fingerprint density at radius 3 is 2.26 bits per heavy atom. The van der Waals surface area contributed by atoms with Crippen LogP contribution in [0.25, 0.3) is 0 Å². The highest BCUT2D eigenvalue weighted by Gasteiger charge is 2.10. The van der Waals surface area contributed by atoms with Crippen molar-refractivity contribution >= 4 is 11.6 Å². The molecule has 0 aliphatic rings. The van der Waals surface area contributed by atoms with Crippen LogP contribution in [0.2, 0.25) is 0 Å². The molecule has 1 aromatic carbocycles. The lowest BCUT2D eigenvalue weighted by atomic mass is 9.98. The smallest absolute Gasteiger partial charge is 0.277 e. The van der Waals surface area contributed by atoms with Gasteiger partial charge in [0.2, 0.25) is 0 Å². The van der Waals surface area contributed by atoms with Crippen LogP contribution in [0.1, 0.15) is 27.7 Å². The Balaban J connectivity index is 2.45. The van der Waals surface area contributed by atoms with Gasteiger partial charge in [-0.1, -0.05) is 45.9 Å². The maximum Gasteiger partial charge on any atom is 0.277 e. The Morgan fingerprint density at radius 2 is 1.74 bits per heavy atom. The molecule has 1 amide bonds. The molecule has 104 valence electrons. The third kappa shape index (κ3) is 5.55. The van der Waals surface area contributed by atoms with E-state index in [9.17, 15) is 4.79 Å². The fourth-order valence-electron chi connectivity index (χ4n) is 1.75. The zero-order valence-corrected chi connectivity index (χ0v) is 12.0. The molecule has 1 N–H and O–H groups in total. The number of hydrogen-bond donors (Lipinski definition) is 1. The van der Waals surface area contributed by atoms with Crippen LogP contribution < -0.4 is 10.2 Å². The number of benzene rings is 1. The maximum atomic E-state index is 11.6. The van der Waals surface area contributed by atoms with Crippen molar-refractivity contribution in [2.24, 2.45) is 16.9 Å². The molecule has 0 fully saturated rings. The quantitative estimate of drug-likeness (QED) is 0.633. The van der Waals surface area contributed by atoms with Gasteiger partial charge in [-0.2, -0.15) is 5.10 Å². The van der Waals surface area contributed by atoms with E-state index in [1.807, 2.05) is 30.3 Å².